The van der Waals surface area contributed by atoms with E-state index < -0.39 is 17.6 Å². The summed E-state index contributed by atoms with van der Waals surface area (Å²) in [6, 6.07) is 2.44. The number of benzene rings is 1. The van der Waals surface area contributed by atoms with Crippen LogP contribution in [0.15, 0.2) is 18.2 Å². The maximum absolute atomic E-state index is 12.9. The lowest BCUT2D eigenvalue weighted by molar-refractivity contribution is -0.139. The monoisotopic (exact) mass is 278 g/mol. The average molecular weight is 278 g/mol. The first-order valence-corrected chi connectivity index (χ1v) is 6.01. The van der Waals surface area contributed by atoms with Crippen molar-refractivity contribution in [3.8, 4) is 5.75 Å². The molecule has 0 N–H and O–H groups in total. The van der Waals surface area contributed by atoms with Crippen LogP contribution in [0.1, 0.15) is 33.3 Å². The van der Waals surface area contributed by atoms with E-state index in [0.717, 1.165) is 12.1 Å². The minimum absolute atomic E-state index is 0.0682. The van der Waals surface area contributed by atoms with Crippen molar-refractivity contribution >= 4 is 0 Å². The van der Waals surface area contributed by atoms with Gasteiger partial charge in [0.1, 0.15) is 17.1 Å². The highest BCUT2D eigenvalue weighted by molar-refractivity contribution is 5.36. The molecule has 0 fully saturated rings. The Morgan fingerprint density at radius 2 is 1.74 bits per heavy atom. The molecule has 0 aliphatic carbocycles. The Morgan fingerprint density at radius 3 is 2.21 bits per heavy atom. The molecule has 0 unspecified atom stereocenters. The topological polar surface area (TPSA) is 9.23 Å². The molecule has 1 rings (SSSR count). The normalized spacial score (nSPS) is 14.3. The van der Waals surface area contributed by atoms with Crippen LogP contribution in [0.4, 0.5) is 17.6 Å². The van der Waals surface area contributed by atoms with E-state index in [-0.39, 0.29) is 23.7 Å². The van der Waals surface area contributed by atoms with Gasteiger partial charge in [0.05, 0.1) is 6.61 Å². The third-order valence-electron chi connectivity index (χ3n) is 3.21. The summed E-state index contributed by atoms with van der Waals surface area (Å²) >= 11 is 0. The standard InChI is InChI=1S/C14H18F4O/c1-9(13(2,3)4)8-19-12-6-5-10(15)7-11(12)14(16,17)18/h5-7,9H,8H2,1-4H3/t9-/m0/s1. The van der Waals surface area contributed by atoms with Gasteiger partial charge in [-0.1, -0.05) is 27.7 Å². The summed E-state index contributed by atoms with van der Waals surface area (Å²) in [6.45, 7) is 8.00. The number of ether oxygens (including phenoxy) is 1. The zero-order valence-corrected chi connectivity index (χ0v) is 11.4. The summed E-state index contributed by atoms with van der Waals surface area (Å²) in [5.41, 5.74) is -1.15. The zero-order valence-electron chi connectivity index (χ0n) is 11.4. The lowest BCUT2D eigenvalue weighted by atomic mass is 9.83. The van der Waals surface area contributed by atoms with Gasteiger partial charge < -0.3 is 4.74 Å². The fourth-order valence-corrected chi connectivity index (χ4v) is 1.31. The van der Waals surface area contributed by atoms with Crippen LogP contribution < -0.4 is 4.74 Å². The number of alkyl halides is 3. The molecule has 0 aliphatic rings. The smallest absolute Gasteiger partial charge is 0.420 e. The number of hydrogen-bond donors (Lipinski definition) is 0. The predicted molar refractivity (Wildman–Crippen MR) is 65.5 cm³/mol. The van der Waals surface area contributed by atoms with Gasteiger partial charge in [-0.3, -0.25) is 0 Å². The van der Waals surface area contributed by atoms with E-state index in [2.05, 4.69) is 0 Å². The largest absolute Gasteiger partial charge is 0.493 e. The molecule has 1 atom stereocenters. The summed E-state index contributed by atoms with van der Waals surface area (Å²) in [5, 5.41) is 0. The van der Waals surface area contributed by atoms with Gasteiger partial charge in [-0.15, -0.1) is 0 Å². The minimum atomic E-state index is -4.62. The molecule has 1 nitrogen and oxygen atoms in total. The van der Waals surface area contributed by atoms with Crippen LogP contribution in [-0.2, 0) is 6.18 Å². The molecule has 0 amide bonds. The predicted octanol–water partition coefficient (Wildman–Crippen LogP) is 4.91. The molecule has 1 aromatic rings. The summed E-state index contributed by atoms with van der Waals surface area (Å²) in [6.07, 6.45) is -4.62. The molecule has 0 aromatic heterocycles. The molecule has 0 spiro atoms. The van der Waals surface area contributed by atoms with Gasteiger partial charge in [0.25, 0.3) is 0 Å². The second-order valence-electron chi connectivity index (χ2n) is 5.72. The number of halogens is 4. The van der Waals surface area contributed by atoms with Crippen molar-refractivity contribution in [1.82, 2.24) is 0 Å². The summed E-state index contributed by atoms with van der Waals surface area (Å²) in [5.74, 6) is -1.19. The third kappa shape index (κ3) is 4.40. The first-order valence-electron chi connectivity index (χ1n) is 6.01. The van der Waals surface area contributed by atoms with Crippen LogP contribution >= 0.6 is 0 Å². The van der Waals surface area contributed by atoms with E-state index in [1.807, 2.05) is 27.7 Å². The van der Waals surface area contributed by atoms with E-state index in [1.54, 1.807) is 0 Å². The average Bonchev–Trinajstić information content (AvgIpc) is 2.24. The summed E-state index contributed by atoms with van der Waals surface area (Å²) in [7, 11) is 0. The number of hydrogen-bond acceptors (Lipinski definition) is 1. The highest BCUT2D eigenvalue weighted by Gasteiger charge is 2.35. The molecule has 1 aromatic carbocycles. The SMILES string of the molecule is C[C@@H](COc1ccc(F)cc1C(F)(F)F)C(C)(C)C. The van der Waals surface area contributed by atoms with Crippen LogP contribution in [0, 0.1) is 17.2 Å². The van der Waals surface area contributed by atoms with Crippen molar-refractivity contribution in [2.45, 2.75) is 33.9 Å². The van der Waals surface area contributed by atoms with Gasteiger partial charge in [0.15, 0.2) is 0 Å². The molecule has 0 radical (unpaired) electrons. The van der Waals surface area contributed by atoms with Crippen LogP contribution in [0.2, 0.25) is 0 Å². The van der Waals surface area contributed by atoms with E-state index in [0.29, 0.717) is 6.07 Å². The Balaban J connectivity index is 2.90. The highest BCUT2D eigenvalue weighted by atomic mass is 19.4. The van der Waals surface area contributed by atoms with Gasteiger partial charge in [-0.05, 0) is 29.5 Å². The van der Waals surface area contributed by atoms with Crippen LogP contribution in [0.25, 0.3) is 0 Å². The molecule has 0 saturated heterocycles. The maximum atomic E-state index is 12.9. The van der Waals surface area contributed by atoms with Gasteiger partial charge in [0.2, 0.25) is 0 Å². The Labute approximate surface area is 110 Å². The van der Waals surface area contributed by atoms with Crippen molar-refractivity contribution in [3.63, 3.8) is 0 Å². The van der Waals surface area contributed by atoms with E-state index in [4.69, 9.17) is 4.74 Å². The Hall–Kier alpha value is -1.26. The summed E-state index contributed by atoms with van der Waals surface area (Å²) in [4.78, 5) is 0. The third-order valence-corrected chi connectivity index (χ3v) is 3.21. The Bertz CT molecular complexity index is 432. The van der Waals surface area contributed by atoms with Crippen molar-refractivity contribution in [2.75, 3.05) is 6.61 Å². The van der Waals surface area contributed by atoms with Crippen molar-refractivity contribution in [2.24, 2.45) is 11.3 Å². The number of rotatable bonds is 3. The van der Waals surface area contributed by atoms with Gasteiger partial charge in [0, 0.05) is 0 Å². The first kappa shape index (κ1) is 15.8. The Morgan fingerprint density at radius 1 is 1.16 bits per heavy atom. The summed E-state index contributed by atoms with van der Waals surface area (Å²) < 4.78 is 56.4. The van der Waals surface area contributed by atoms with Crippen LogP contribution in [-0.4, -0.2) is 6.61 Å². The first-order chi connectivity index (χ1) is 8.51. The molecule has 0 saturated carbocycles. The van der Waals surface area contributed by atoms with Crippen molar-refractivity contribution in [3.05, 3.63) is 29.6 Å². The van der Waals surface area contributed by atoms with E-state index in [1.165, 1.54) is 0 Å². The van der Waals surface area contributed by atoms with Gasteiger partial charge >= 0.3 is 6.18 Å². The fourth-order valence-electron chi connectivity index (χ4n) is 1.31. The van der Waals surface area contributed by atoms with Gasteiger partial charge in [-0.25, -0.2) is 4.39 Å². The molecule has 108 valence electrons. The lowest BCUT2D eigenvalue weighted by Crippen LogP contribution is -2.24. The van der Waals surface area contributed by atoms with Crippen molar-refractivity contribution < 1.29 is 22.3 Å². The molecular formula is C14H18F4O. The molecule has 5 heteroatoms. The molecule has 19 heavy (non-hydrogen) atoms. The molecule has 0 heterocycles. The van der Waals surface area contributed by atoms with E-state index >= 15 is 0 Å². The second-order valence-corrected chi connectivity index (χ2v) is 5.72. The molecule has 0 bridgehead atoms. The zero-order chi connectivity index (χ0) is 14.8. The van der Waals surface area contributed by atoms with E-state index in [9.17, 15) is 17.6 Å². The van der Waals surface area contributed by atoms with Crippen LogP contribution in [0.3, 0.4) is 0 Å². The van der Waals surface area contributed by atoms with Crippen LogP contribution in [0.5, 0.6) is 5.75 Å². The fraction of sp³-hybridized carbons (Fsp3) is 0.571. The second kappa shape index (κ2) is 5.39. The molecular weight excluding hydrogens is 260 g/mol. The molecule has 0 aliphatic heterocycles. The van der Waals surface area contributed by atoms with Gasteiger partial charge in [-0.2, -0.15) is 13.2 Å². The quantitative estimate of drug-likeness (QED) is 0.714. The maximum Gasteiger partial charge on any atom is 0.420 e. The minimum Gasteiger partial charge on any atom is -0.493 e. The highest BCUT2D eigenvalue weighted by Crippen LogP contribution is 2.37. The Kier molecular flexibility index (Phi) is 4.48. The van der Waals surface area contributed by atoms with Crippen molar-refractivity contribution in [1.29, 1.82) is 0 Å². The lowest BCUT2D eigenvalue weighted by Gasteiger charge is -2.27.